The van der Waals surface area contributed by atoms with Gasteiger partial charge in [-0.15, -0.1) is 0 Å². The van der Waals surface area contributed by atoms with E-state index < -0.39 is 9.84 Å². The molecule has 6 heteroatoms. The Balaban J connectivity index is 1.78. The van der Waals surface area contributed by atoms with E-state index in [1.807, 2.05) is 11.0 Å². The Kier molecular flexibility index (Phi) is 4.60. The van der Waals surface area contributed by atoms with Crippen molar-refractivity contribution in [1.82, 2.24) is 0 Å². The zero-order valence-electron chi connectivity index (χ0n) is 12.5. The number of para-hydroxylation sites is 1. The first-order chi connectivity index (χ1) is 11.0. The van der Waals surface area contributed by atoms with E-state index in [9.17, 15) is 12.8 Å². The molecule has 2 aromatic rings. The maximum atomic E-state index is 14.1. The number of benzene rings is 2. The van der Waals surface area contributed by atoms with Gasteiger partial charge in [0.1, 0.15) is 5.82 Å². The number of halogens is 2. The number of rotatable bonds is 4. The molecule has 0 radical (unpaired) electrons. The zero-order chi connectivity index (χ0) is 16.4. The quantitative estimate of drug-likeness (QED) is 0.841. The van der Waals surface area contributed by atoms with Crippen LogP contribution in [0, 0.1) is 5.82 Å². The van der Waals surface area contributed by atoms with Gasteiger partial charge >= 0.3 is 0 Å². The third kappa shape index (κ3) is 3.51. The Morgan fingerprint density at radius 1 is 1.13 bits per heavy atom. The monoisotopic (exact) mass is 353 g/mol. The predicted molar refractivity (Wildman–Crippen MR) is 90.4 cm³/mol. The Morgan fingerprint density at radius 2 is 1.87 bits per heavy atom. The number of aryl methyl sites for hydroxylation is 1. The zero-order valence-corrected chi connectivity index (χ0v) is 14.1. The van der Waals surface area contributed by atoms with Gasteiger partial charge in [0.05, 0.1) is 16.3 Å². The maximum Gasteiger partial charge on any atom is 0.180 e. The van der Waals surface area contributed by atoms with Crippen LogP contribution in [0.3, 0.4) is 0 Å². The Labute approximate surface area is 140 Å². The summed E-state index contributed by atoms with van der Waals surface area (Å²) in [7, 11) is -3.41. The van der Waals surface area contributed by atoms with Crippen molar-refractivity contribution in [2.24, 2.45) is 0 Å². The van der Waals surface area contributed by atoms with Crippen LogP contribution in [0.2, 0.25) is 5.02 Å². The Hall–Kier alpha value is -1.59. The van der Waals surface area contributed by atoms with Crippen molar-refractivity contribution >= 4 is 27.1 Å². The van der Waals surface area contributed by atoms with Gasteiger partial charge in [0.25, 0.3) is 0 Å². The van der Waals surface area contributed by atoms with Crippen molar-refractivity contribution in [2.45, 2.75) is 17.7 Å². The SMILES string of the molecule is O=S(=O)(CCN1CCCc2cccc(F)c21)c1ccc(Cl)cc1. The lowest BCUT2D eigenvalue weighted by Crippen LogP contribution is -2.34. The van der Waals surface area contributed by atoms with Crippen LogP contribution in [0.5, 0.6) is 0 Å². The van der Waals surface area contributed by atoms with Crippen LogP contribution in [0.25, 0.3) is 0 Å². The first-order valence-corrected chi connectivity index (χ1v) is 9.51. The van der Waals surface area contributed by atoms with Crippen LogP contribution in [0.15, 0.2) is 47.4 Å². The van der Waals surface area contributed by atoms with E-state index in [0.717, 1.165) is 18.4 Å². The molecule has 0 fully saturated rings. The van der Waals surface area contributed by atoms with E-state index in [2.05, 4.69) is 0 Å². The first-order valence-electron chi connectivity index (χ1n) is 7.48. The summed E-state index contributed by atoms with van der Waals surface area (Å²) in [5.74, 6) is -0.339. The fourth-order valence-electron chi connectivity index (χ4n) is 2.90. The van der Waals surface area contributed by atoms with Gasteiger partial charge in [-0.2, -0.15) is 0 Å². The largest absolute Gasteiger partial charge is 0.368 e. The number of hydrogen-bond acceptors (Lipinski definition) is 3. The van der Waals surface area contributed by atoms with E-state index in [-0.39, 0.29) is 23.0 Å². The molecular formula is C17H17ClFNO2S. The number of anilines is 1. The molecule has 0 saturated heterocycles. The first kappa shape index (κ1) is 16.3. The number of nitrogens with zero attached hydrogens (tertiary/aromatic N) is 1. The summed E-state index contributed by atoms with van der Waals surface area (Å²) < 4.78 is 38.9. The lowest BCUT2D eigenvalue weighted by molar-refractivity contribution is 0.585. The van der Waals surface area contributed by atoms with Crippen molar-refractivity contribution in [3.05, 3.63) is 58.9 Å². The van der Waals surface area contributed by atoms with Gasteiger partial charge in [0.2, 0.25) is 0 Å². The second-order valence-electron chi connectivity index (χ2n) is 5.61. The van der Waals surface area contributed by atoms with Crippen LogP contribution in [0.1, 0.15) is 12.0 Å². The lowest BCUT2D eigenvalue weighted by atomic mass is 10.0. The van der Waals surface area contributed by atoms with E-state index in [1.165, 1.54) is 18.2 Å². The standard InChI is InChI=1S/C17H17ClFNO2S/c18-14-6-8-15(9-7-14)23(21,22)12-11-20-10-2-4-13-3-1-5-16(19)17(13)20/h1,3,5-9H,2,4,10-12H2. The van der Waals surface area contributed by atoms with Crippen molar-refractivity contribution in [3.63, 3.8) is 0 Å². The number of fused-ring (bicyclic) bond motifs is 1. The van der Waals surface area contributed by atoms with Gasteiger partial charge in [0.15, 0.2) is 9.84 Å². The van der Waals surface area contributed by atoms with Gasteiger partial charge in [0, 0.05) is 18.1 Å². The molecular weight excluding hydrogens is 337 g/mol. The van der Waals surface area contributed by atoms with Crippen LogP contribution in [0.4, 0.5) is 10.1 Å². The van der Waals surface area contributed by atoms with Crippen molar-refractivity contribution in [2.75, 3.05) is 23.7 Å². The molecule has 1 aliphatic rings. The average molecular weight is 354 g/mol. The predicted octanol–water partition coefficient (Wildman–Crippen LogP) is 3.71. The molecule has 3 rings (SSSR count). The van der Waals surface area contributed by atoms with Crippen LogP contribution in [-0.4, -0.2) is 27.3 Å². The molecule has 0 atom stereocenters. The topological polar surface area (TPSA) is 37.4 Å². The minimum Gasteiger partial charge on any atom is -0.368 e. The molecule has 0 aliphatic carbocycles. The number of sulfone groups is 1. The molecule has 0 bridgehead atoms. The molecule has 1 aliphatic heterocycles. The number of hydrogen-bond donors (Lipinski definition) is 0. The Bertz CT molecular complexity index is 806. The van der Waals surface area contributed by atoms with E-state index >= 15 is 0 Å². The molecule has 3 nitrogen and oxygen atoms in total. The van der Waals surface area contributed by atoms with Gasteiger partial charge in [-0.25, -0.2) is 12.8 Å². The van der Waals surface area contributed by atoms with Crippen molar-refractivity contribution < 1.29 is 12.8 Å². The molecule has 0 saturated carbocycles. The van der Waals surface area contributed by atoms with Gasteiger partial charge in [-0.05, 0) is 48.7 Å². The molecule has 1 heterocycles. The smallest absolute Gasteiger partial charge is 0.180 e. The van der Waals surface area contributed by atoms with E-state index in [4.69, 9.17) is 11.6 Å². The third-order valence-corrected chi connectivity index (χ3v) is 6.03. The summed E-state index contributed by atoms with van der Waals surface area (Å²) in [6.07, 6.45) is 1.73. The summed E-state index contributed by atoms with van der Waals surface area (Å²) in [4.78, 5) is 2.08. The molecule has 122 valence electrons. The molecule has 23 heavy (non-hydrogen) atoms. The molecule has 0 amide bonds. The highest BCUT2D eigenvalue weighted by atomic mass is 35.5. The van der Waals surface area contributed by atoms with Crippen molar-refractivity contribution in [3.8, 4) is 0 Å². The second kappa shape index (κ2) is 6.49. The lowest BCUT2D eigenvalue weighted by Gasteiger charge is -2.31. The van der Waals surface area contributed by atoms with Crippen LogP contribution in [-0.2, 0) is 16.3 Å². The highest BCUT2D eigenvalue weighted by Crippen LogP contribution is 2.30. The van der Waals surface area contributed by atoms with E-state index in [0.29, 0.717) is 17.3 Å². The second-order valence-corrected chi connectivity index (χ2v) is 8.16. The van der Waals surface area contributed by atoms with Gasteiger partial charge < -0.3 is 4.90 Å². The highest BCUT2D eigenvalue weighted by Gasteiger charge is 2.23. The summed E-state index contributed by atoms with van der Waals surface area (Å²) >= 11 is 5.79. The van der Waals surface area contributed by atoms with Crippen molar-refractivity contribution in [1.29, 1.82) is 0 Å². The Morgan fingerprint density at radius 3 is 2.61 bits per heavy atom. The summed E-state index contributed by atoms with van der Waals surface area (Å²) in [6.45, 7) is 0.947. The van der Waals surface area contributed by atoms with E-state index in [1.54, 1.807) is 18.2 Å². The van der Waals surface area contributed by atoms with Gasteiger partial charge in [-0.1, -0.05) is 23.7 Å². The normalized spacial score (nSPS) is 14.6. The molecule has 0 spiro atoms. The fraction of sp³-hybridized carbons (Fsp3) is 0.294. The van der Waals surface area contributed by atoms with Crippen LogP contribution >= 0.6 is 11.6 Å². The minimum absolute atomic E-state index is 0.0532. The maximum absolute atomic E-state index is 14.1. The third-order valence-electron chi connectivity index (χ3n) is 4.06. The average Bonchev–Trinajstić information content (AvgIpc) is 2.53. The summed E-state index contributed by atoms with van der Waals surface area (Å²) in [5.41, 5.74) is 1.49. The minimum atomic E-state index is -3.41. The van der Waals surface area contributed by atoms with Crippen LogP contribution < -0.4 is 4.90 Å². The molecule has 0 aromatic heterocycles. The van der Waals surface area contributed by atoms with Gasteiger partial charge in [-0.3, -0.25) is 0 Å². The summed E-state index contributed by atoms with van der Waals surface area (Å²) in [6, 6.07) is 11.1. The fourth-order valence-corrected chi connectivity index (χ4v) is 4.27. The molecule has 0 unspecified atom stereocenters. The molecule has 2 aromatic carbocycles. The summed E-state index contributed by atoms with van der Waals surface area (Å²) in [5, 5.41) is 0.496. The highest BCUT2D eigenvalue weighted by molar-refractivity contribution is 7.91. The molecule has 0 N–H and O–H groups in total.